The summed E-state index contributed by atoms with van der Waals surface area (Å²) < 4.78 is 45.1. The molecule has 98 valence electrons. The van der Waals surface area contributed by atoms with E-state index in [-0.39, 0.29) is 30.1 Å². The van der Waals surface area contributed by atoms with Gasteiger partial charge in [0.15, 0.2) is 5.75 Å². The van der Waals surface area contributed by atoms with Crippen LogP contribution in [-0.4, -0.2) is 18.5 Å². The van der Waals surface area contributed by atoms with Gasteiger partial charge < -0.3 is 15.2 Å². The molecule has 0 bridgehead atoms. The zero-order valence-corrected chi connectivity index (χ0v) is 9.41. The quantitative estimate of drug-likeness (QED) is 0.888. The molecule has 1 heterocycles. The summed E-state index contributed by atoms with van der Waals surface area (Å²) in [7, 11) is 1.26. The maximum absolute atomic E-state index is 12.2. The normalized spacial score (nSPS) is 10.9. The molecule has 1 aromatic rings. The van der Waals surface area contributed by atoms with Gasteiger partial charge in [0, 0.05) is 12.6 Å². The van der Waals surface area contributed by atoms with Crippen molar-refractivity contribution in [3.8, 4) is 17.6 Å². The Morgan fingerprint density at radius 3 is 2.50 bits per heavy atom. The highest BCUT2D eigenvalue weighted by atomic mass is 19.4. The molecule has 0 saturated carbocycles. The molecule has 0 amide bonds. The second-order valence-corrected chi connectivity index (χ2v) is 3.17. The number of aromatic nitrogens is 1. The molecule has 1 rings (SSSR count). The Labute approximate surface area is 101 Å². The van der Waals surface area contributed by atoms with E-state index >= 15 is 0 Å². The SMILES string of the molecule is COc1cc(OC(F)(F)F)c(CN)nc1CC#N. The van der Waals surface area contributed by atoms with Crippen molar-refractivity contribution in [2.24, 2.45) is 5.73 Å². The highest BCUT2D eigenvalue weighted by Gasteiger charge is 2.32. The van der Waals surface area contributed by atoms with Gasteiger partial charge in [0.05, 0.1) is 31.0 Å². The topological polar surface area (TPSA) is 81.2 Å². The van der Waals surface area contributed by atoms with Crippen LogP contribution in [0.25, 0.3) is 0 Å². The first-order valence-electron chi connectivity index (χ1n) is 4.80. The fourth-order valence-electron chi connectivity index (χ4n) is 1.30. The Bertz CT molecular complexity index is 469. The van der Waals surface area contributed by atoms with Crippen molar-refractivity contribution in [2.75, 3.05) is 7.11 Å². The number of hydrogen-bond acceptors (Lipinski definition) is 5. The minimum atomic E-state index is -4.84. The number of hydrogen-bond donors (Lipinski definition) is 1. The van der Waals surface area contributed by atoms with Crippen LogP contribution in [0.4, 0.5) is 13.2 Å². The maximum atomic E-state index is 12.2. The predicted octanol–water partition coefficient (Wildman–Crippen LogP) is 1.51. The average Bonchev–Trinajstić information content (AvgIpc) is 2.28. The zero-order chi connectivity index (χ0) is 13.8. The van der Waals surface area contributed by atoms with Crippen molar-refractivity contribution < 1.29 is 22.6 Å². The Balaban J connectivity index is 3.22. The molecule has 1 aromatic heterocycles. The van der Waals surface area contributed by atoms with E-state index in [2.05, 4.69) is 9.72 Å². The van der Waals surface area contributed by atoms with Gasteiger partial charge in [-0.25, -0.2) is 4.98 Å². The zero-order valence-electron chi connectivity index (χ0n) is 9.41. The Kier molecular flexibility index (Phi) is 4.33. The molecule has 0 spiro atoms. The first-order chi connectivity index (χ1) is 8.41. The van der Waals surface area contributed by atoms with Crippen LogP contribution >= 0.6 is 0 Å². The monoisotopic (exact) mass is 261 g/mol. The van der Waals surface area contributed by atoms with E-state index in [1.165, 1.54) is 7.11 Å². The van der Waals surface area contributed by atoms with Crippen molar-refractivity contribution >= 4 is 0 Å². The van der Waals surface area contributed by atoms with Crippen molar-refractivity contribution in [1.82, 2.24) is 4.98 Å². The summed E-state index contributed by atoms with van der Waals surface area (Å²) in [6.45, 7) is -0.242. The van der Waals surface area contributed by atoms with E-state index in [4.69, 9.17) is 15.7 Å². The maximum Gasteiger partial charge on any atom is 0.573 e. The summed E-state index contributed by atoms with van der Waals surface area (Å²) in [6.07, 6.45) is -4.93. The Morgan fingerprint density at radius 1 is 1.39 bits per heavy atom. The minimum Gasteiger partial charge on any atom is -0.495 e. The number of halogens is 3. The van der Waals surface area contributed by atoms with Crippen LogP contribution in [0.1, 0.15) is 11.4 Å². The molecule has 0 aromatic carbocycles. The Morgan fingerprint density at radius 2 is 2.06 bits per heavy atom. The van der Waals surface area contributed by atoms with Gasteiger partial charge in [0.1, 0.15) is 5.75 Å². The third-order valence-electron chi connectivity index (χ3n) is 1.99. The Hall–Kier alpha value is -2.01. The van der Waals surface area contributed by atoms with Gasteiger partial charge in [0.25, 0.3) is 0 Å². The molecule has 0 aliphatic rings. The molecule has 0 radical (unpaired) electrons. The van der Waals surface area contributed by atoms with Crippen LogP contribution in [0.3, 0.4) is 0 Å². The van der Waals surface area contributed by atoms with Gasteiger partial charge >= 0.3 is 6.36 Å². The van der Waals surface area contributed by atoms with Crippen LogP contribution in [0.15, 0.2) is 6.07 Å². The number of nitriles is 1. The van der Waals surface area contributed by atoms with Gasteiger partial charge in [-0.3, -0.25) is 0 Å². The molecule has 18 heavy (non-hydrogen) atoms. The molecule has 8 heteroatoms. The standard InChI is InChI=1S/C10H10F3N3O2/c1-17-8-4-9(18-10(11,12)13)7(5-15)16-6(8)2-3-14/h4H,2,5,15H2,1H3. The van der Waals surface area contributed by atoms with Crippen molar-refractivity contribution in [1.29, 1.82) is 5.26 Å². The van der Waals surface area contributed by atoms with Crippen molar-refractivity contribution in [3.63, 3.8) is 0 Å². The van der Waals surface area contributed by atoms with E-state index in [0.717, 1.165) is 6.07 Å². The number of nitrogens with zero attached hydrogens (tertiary/aromatic N) is 2. The molecule has 0 aliphatic heterocycles. The third-order valence-corrected chi connectivity index (χ3v) is 1.99. The smallest absolute Gasteiger partial charge is 0.495 e. The largest absolute Gasteiger partial charge is 0.573 e. The second-order valence-electron chi connectivity index (χ2n) is 3.17. The van der Waals surface area contributed by atoms with Gasteiger partial charge in [-0.05, 0) is 0 Å². The molecule has 0 saturated heterocycles. The first-order valence-corrected chi connectivity index (χ1v) is 4.80. The van der Waals surface area contributed by atoms with Crippen molar-refractivity contribution in [2.45, 2.75) is 19.3 Å². The third kappa shape index (κ3) is 3.49. The number of alkyl halides is 3. The van der Waals surface area contributed by atoms with Crippen LogP contribution < -0.4 is 15.2 Å². The van der Waals surface area contributed by atoms with Gasteiger partial charge in [-0.15, -0.1) is 13.2 Å². The lowest BCUT2D eigenvalue weighted by Crippen LogP contribution is -2.19. The summed E-state index contributed by atoms with van der Waals surface area (Å²) in [6, 6.07) is 2.85. The molecule has 0 aliphatic carbocycles. The lowest BCUT2D eigenvalue weighted by molar-refractivity contribution is -0.275. The summed E-state index contributed by atoms with van der Waals surface area (Å²) in [4.78, 5) is 3.84. The predicted molar refractivity (Wildman–Crippen MR) is 54.7 cm³/mol. The first kappa shape index (κ1) is 14.1. The molecule has 0 fully saturated rings. The van der Waals surface area contributed by atoms with Gasteiger partial charge in [-0.2, -0.15) is 5.26 Å². The number of pyridine rings is 1. The minimum absolute atomic E-state index is 0.0491. The van der Waals surface area contributed by atoms with Gasteiger partial charge in [0.2, 0.25) is 0 Å². The van der Waals surface area contributed by atoms with E-state index in [0.29, 0.717) is 0 Å². The summed E-state index contributed by atoms with van der Waals surface area (Å²) in [5.41, 5.74) is 5.43. The highest BCUT2D eigenvalue weighted by molar-refractivity contribution is 5.41. The van der Waals surface area contributed by atoms with E-state index in [1.807, 2.05) is 6.07 Å². The van der Waals surface area contributed by atoms with Crippen LogP contribution in [0.2, 0.25) is 0 Å². The summed E-state index contributed by atoms with van der Waals surface area (Å²) >= 11 is 0. The lowest BCUT2D eigenvalue weighted by atomic mass is 10.2. The van der Waals surface area contributed by atoms with E-state index in [9.17, 15) is 13.2 Å². The number of nitrogens with two attached hydrogens (primary N) is 1. The highest BCUT2D eigenvalue weighted by Crippen LogP contribution is 2.30. The van der Waals surface area contributed by atoms with Crippen LogP contribution in [-0.2, 0) is 13.0 Å². The lowest BCUT2D eigenvalue weighted by Gasteiger charge is -2.14. The van der Waals surface area contributed by atoms with Gasteiger partial charge in [-0.1, -0.05) is 0 Å². The number of rotatable bonds is 4. The molecule has 0 unspecified atom stereocenters. The summed E-state index contributed by atoms with van der Waals surface area (Å²) in [5, 5.41) is 8.57. The fraction of sp³-hybridized carbons (Fsp3) is 0.400. The van der Waals surface area contributed by atoms with Crippen molar-refractivity contribution in [3.05, 3.63) is 17.5 Å². The number of methoxy groups -OCH3 is 1. The second kappa shape index (κ2) is 5.55. The molecule has 0 atom stereocenters. The molecular weight excluding hydrogens is 251 g/mol. The van der Waals surface area contributed by atoms with Crippen LogP contribution in [0, 0.1) is 11.3 Å². The molecule has 2 N–H and O–H groups in total. The van der Waals surface area contributed by atoms with E-state index in [1.54, 1.807) is 0 Å². The molecular formula is C10H10F3N3O2. The van der Waals surface area contributed by atoms with E-state index < -0.39 is 12.1 Å². The summed E-state index contributed by atoms with van der Waals surface area (Å²) in [5.74, 6) is -0.475. The average molecular weight is 261 g/mol. The fourth-order valence-corrected chi connectivity index (χ4v) is 1.30. The molecule has 5 nitrogen and oxygen atoms in total. The van der Waals surface area contributed by atoms with Crippen LogP contribution in [0.5, 0.6) is 11.5 Å². The number of ether oxygens (including phenoxy) is 2.